The normalized spacial score (nSPS) is 12.5. The first kappa shape index (κ1) is 31.3. The van der Waals surface area contributed by atoms with Gasteiger partial charge in [0.2, 0.25) is 5.91 Å². The molecule has 194 valence electrons. The van der Waals surface area contributed by atoms with E-state index in [9.17, 15) is 19.5 Å². The Morgan fingerprint density at radius 1 is 0.879 bits per heavy atom. The van der Waals surface area contributed by atoms with Crippen LogP contribution in [-0.4, -0.2) is 74.4 Å². The van der Waals surface area contributed by atoms with Crippen molar-refractivity contribution >= 4 is 17.8 Å². The molecule has 0 radical (unpaired) electrons. The molecule has 2 N–H and O–H groups in total. The zero-order valence-corrected chi connectivity index (χ0v) is 21.6. The van der Waals surface area contributed by atoms with E-state index < -0.39 is 17.4 Å². The third-order valence-corrected chi connectivity index (χ3v) is 5.50. The predicted molar refractivity (Wildman–Crippen MR) is 130 cm³/mol. The van der Waals surface area contributed by atoms with Crippen molar-refractivity contribution < 1.29 is 29.0 Å². The monoisotopic (exact) mass is 472 g/mol. The largest absolute Gasteiger partial charge is 0.466 e. The first-order chi connectivity index (χ1) is 15.6. The Labute approximate surface area is 200 Å². The molecule has 0 rings (SSSR count). The van der Waals surface area contributed by atoms with Crippen molar-refractivity contribution in [2.75, 3.05) is 40.4 Å². The first-order valence-electron chi connectivity index (χ1n) is 12.5. The third kappa shape index (κ3) is 17.5. The van der Waals surface area contributed by atoms with E-state index in [1.54, 1.807) is 13.8 Å². The average molecular weight is 473 g/mol. The summed E-state index contributed by atoms with van der Waals surface area (Å²) in [6, 6.07) is 0. The zero-order chi connectivity index (χ0) is 25.1. The van der Waals surface area contributed by atoms with Crippen molar-refractivity contribution in [2.24, 2.45) is 5.41 Å². The van der Waals surface area contributed by atoms with E-state index in [2.05, 4.69) is 12.2 Å². The van der Waals surface area contributed by atoms with E-state index in [4.69, 9.17) is 9.47 Å². The fourth-order valence-electron chi connectivity index (χ4n) is 3.14. The van der Waals surface area contributed by atoms with Gasteiger partial charge in [0.1, 0.15) is 6.10 Å². The molecule has 0 aromatic heterocycles. The summed E-state index contributed by atoms with van der Waals surface area (Å²) in [5.74, 6) is -1.34. The number of hydrogen-bond acceptors (Lipinski definition) is 7. The third-order valence-electron chi connectivity index (χ3n) is 5.50. The highest BCUT2D eigenvalue weighted by Gasteiger charge is 2.35. The molecule has 0 unspecified atom stereocenters. The van der Waals surface area contributed by atoms with Gasteiger partial charge in [-0.05, 0) is 20.5 Å². The molecule has 0 saturated carbocycles. The summed E-state index contributed by atoms with van der Waals surface area (Å²) in [7, 11) is 3.72. The molecule has 0 saturated heterocycles. The molecule has 8 heteroatoms. The van der Waals surface area contributed by atoms with Crippen LogP contribution in [0.4, 0.5) is 0 Å². The molecule has 0 aliphatic heterocycles. The SMILES string of the molecule is CCCCCCCCCCCOC(=O)CCNC(=O)[C@H](O)C(C)(C)COC(=O)CCN(C)C. The maximum Gasteiger partial charge on any atom is 0.307 e. The van der Waals surface area contributed by atoms with Crippen molar-refractivity contribution in [2.45, 2.75) is 97.5 Å². The maximum atomic E-state index is 12.2. The lowest BCUT2D eigenvalue weighted by Gasteiger charge is -2.29. The van der Waals surface area contributed by atoms with Gasteiger partial charge in [0.25, 0.3) is 0 Å². The predicted octanol–water partition coefficient (Wildman–Crippen LogP) is 3.45. The molecule has 0 aliphatic carbocycles. The standard InChI is InChI=1S/C25H48N2O6/c1-6-7-8-9-10-11-12-13-14-19-32-21(28)15-17-26-24(31)23(30)25(2,3)20-33-22(29)16-18-27(4)5/h23,30H,6-20H2,1-5H3,(H,26,31)/t23-/m0/s1. The van der Waals surface area contributed by atoms with Gasteiger partial charge < -0.3 is 24.8 Å². The number of nitrogens with zero attached hydrogens (tertiary/aromatic N) is 1. The Hall–Kier alpha value is -1.67. The Morgan fingerprint density at radius 3 is 2.00 bits per heavy atom. The summed E-state index contributed by atoms with van der Waals surface area (Å²) >= 11 is 0. The number of esters is 2. The lowest BCUT2D eigenvalue weighted by atomic mass is 9.87. The highest BCUT2D eigenvalue weighted by Crippen LogP contribution is 2.21. The molecule has 8 nitrogen and oxygen atoms in total. The Morgan fingerprint density at radius 2 is 1.42 bits per heavy atom. The van der Waals surface area contributed by atoms with E-state index >= 15 is 0 Å². The topological polar surface area (TPSA) is 105 Å². The Balaban J connectivity index is 3.89. The number of unbranched alkanes of at least 4 members (excludes halogenated alkanes) is 8. The van der Waals surface area contributed by atoms with Crippen LogP contribution in [0.25, 0.3) is 0 Å². The van der Waals surface area contributed by atoms with E-state index in [-0.39, 0.29) is 37.9 Å². The number of rotatable bonds is 20. The van der Waals surface area contributed by atoms with Crippen LogP contribution in [0.1, 0.15) is 91.4 Å². The number of aliphatic hydroxyl groups is 1. The summed E-state index contributed by atoms with van der Waals surface area (Å²) in [4.78, 5) is 37.7. The molecule has 0 aromatic carbocycles. The highest BCUT2D eigenvalue weighted by molar-refractivity contribution is 5.82. The molecule has 0 bridgehead atoms. The Kier molecular flexibility index (Phi) is 17.8. The molecule has 1 atom stereocenters. The van der Waals surface area contributed by atoms with Crippen LogP contribution in [0.5, 0.6) is 0 Å². The van der Waals surface area contributed by atoms with Crippen LogP contribution >= 0.6 is 0 Å². The fraction of sp³-hybridized carbons (Fsp3) is 0.880. The van der Waals surface area contributed by atoms with Crippen molar-refractivity contribution in [3.05, 3.63) is 0 Å². The lowest BCUT2D eigenvalue weighted by Crippen LogP contribution is -2.46. The first-order valence-corrected chi connectivity index (χ1v) is 12.5. The second kappa shape index (κ2) is 18.7. The minimum atomic E-state index is -1.36. The number of hydrogen-bond donors (Lipinski definition) is 2. The van der Waals surface area contributed by atoms with Gasteiger partial charge in [-0.15, -0.1) is 0 Å². The highest BCUT2D eigenvalue weighted by atomic mass is 16.5. The van der Waals surface area contributed by atoms with Gasteiger partial charge in [-0.3, -0.25) is 14.4 Å². The van der Waals surface area contributed by atoms with Gasteiger partial charge in [-0.25, -0.2) is 0 Å². The van der Waals surface area contributed by atoms with E-state index in [0.29, 0.717) is 13.2 Å². The van der Waals surface area contributed by atoms with Gasteiger partial charge in [0.15, 0.2) is 0 Å². The lowest BCUT2D eigenvalue weighted by molar-refractivity contribution is -0.153. The molecule has 33 heavy (non-hydrogen) atoms. The van der Waals surface area contributed by atoms with Crippen LogP contribution in [0.2, 0.25) is 0 Å². The van der Waals surface area contributed by atoms with E-state index in [1.807, 2.05) is 19.0 Å². The number of aliphatic hydroxyl groups excluding tert-OH is 1. The van der Waals surface area contributed by atoms with Crippen molar-refractivity contribution in [3.8, 4) is 0 Å². The number of nitrogens with one attached hydrogen (secondary N) is 1. The van der Waals surface area contributed by atoms with Crippen LogP contribution < -0.4 is 5.32 Å². The zero-order valence-electron chi connectivity index (χ0n) is 21.6. The summed E-state index contributed by atoms with van der Waals surface area (Å²) < 4.78 is 10.4. The molecule has 0 spiro atoms. The van der Waals surface area contributed by atoms with Crippen LogP contribution in [0.15, 0.2) is 0 Å². The summed E-state index contributed by atoms with van der Waals surface area (Å²) in [5, 5.41) is 12.9. The Bertz CT molecular complexity index is 551. The fourth-order valence-corrected chi connectivity index (χ4v) is 3.14. The van der Waals surface area contributed by atoms with Crippen molar-refractivity contribution in [1.29, 1.82) is 0 Å². The second-order valence-electron chi connectivity index (χ2n) is 9.70. The van der Waals surface area contributed by atoms with Gasteiger partial charge in [-0.2, -0.15) is 0 Å². The molecule has 0 fully saturated rings. The van der Waals surface area contributed by atoms with E-state index in [1.165, 1.54) is 44.9 Å². The smallest absolute Gasteiger partial charge is 0.307 e. The summed E-state index contributed by atoms with van der Waals surface area (Å²) in [5.41, 5.74) is -0.950. The van der Waals surface area contributed by atoms with Crippen LogP contribution in [-0.2, 0) is 23.9 Å². The van der Waals surface area contributed by atoms with E-state index in [0.717, 1.165) is 12.8 Å². The molecule has 0 heterocycles. The quantitative estimate of drug-likeness (QED) is 0.206. The van der Waals surface area contributed by atoms with Crippen molar-refractivity contribution in [1.82, 2.24) is 10.2 Å². The molecule has 0 aromatic rings. The van der Waals surface area contributed by atoms with Crippen LogP contribution in [0.3, 0.4) is 0 Å². The summed E-state index contributed by atoms with van der Waals surface area (Å²) in [6.07, 6.45) is 9.73. The van der Waals surface area contributed by atoms with Crippen LogP contribution in [0, 0.1) is 5.41 Å². The maximum absolute atomic E-state index is 12.2. The van der Waals surface area contributed by atoms with Crippen molar-refractivity contribution in [3.63, 3.8) is 0 Å². The molecule has 1 amide bonds. The number of ether oxygens (including phenoxy) is 2. The van der Waals surface area contributed by atoms with Gasteiger partial charge >= 0.3 is 11.9 Å². The van der Waals surface area contributed by atoms with Gasteiger partial charge in [0.05, 0.1) is 26.1 Å². The van der Waals surface area contributed by atoms with Gasteiger partial charge in [0, 0.05) is 18.5 Å². The number of carbonyl (C=O) groups is 3. The number of carbonyl (C=O) groups excluding carboxylic acids is 3. The molecular weight excluding hydrogens is 424 g/mol. The second-order valence-corrected chi connectivity index (χ2v) is 9.70. The van der Waals surface area contributed by atoms with Gasteiger partial charge in [-0.1, -0.05) is 72.1 Å². The average Bonchev–Trinajstić information content (AvgIpc) is 2.76. The minimum absolute atomic E-state index is 0.0514. The molecular formula is C25H48N2O6. The summed E-state index contributed by atoms with van der Waals surface area (Å²) in [6.45, 7) is 6.50. The minimum Gasteiger partial charge on any atom is -0.466 e. The molecule has 0 aliphatic rings. The number of amides is 1.